The van der Waals surface area contributed by atoms with Crippen LogP contribution in [-0.2, 0) is 10.2 Å². The summed E-state index contributed by atoms with van der Waals surface area (Å²) < 4.78 is 29.1. The van der Waals surface area contributed by atoms with Gasteiger partial charge < -0.3 is 0 Å². The van der Waals surface area contributed by atoms with Crippen LogP contribution in [0.4, 0.5) is 0 Å². The second-order valence-electron chi connectivity index (χ2n) is 5.05. The normalized spacial score (nSPS) is 19.4. The second kappa shape index (κ2) is 7.41. The van der Waals surface area contributed by atoms with E-state index in [2.05, 4.69) is 4.72 Å². The van der Waals surface area contributed by atoms with Crippen molar-refractivity contribution in [2.75, 3.05) is 19.0 Å². The quantitative estimate of drug-likeness (QED) is 0.849. The van der Waals surface area contributed by atoms with Crippen LogP contribution in [0.15, 0.2) is 30.3 Å². The van der Waals surface area contributed by atoms with Gasteiger partial charge in [-0.2, -0.15) is 17.4 Å². The van der Waals surface area contributed by atoms with Crippen molar-refractivity contribution in [2.24, 2.45) is 0 Å². The molecular weight excluding hydrogens is 296 g/mol. The van der Waals surface area contributed by atoms with Crippen LogP contribution < -0.4 is 4.72 Å². The monoisotopic (exact) mass is 316 g/mol. The summed E-state index contributed by atoms with van der Waals surface area (Å²) in [5, 5.41) is 0. The van der Waals surface area contributed by atoms with Crippen molar-refractivity contribution in [3.05, 3.63) is 35.9 Å². The molecular formula is C14H21ClN2O2S. The summed E-state index contributed by atoms with van der Waals surface area (Å²) in [4.78, 5) is 0. The van der Waals surface area contributed by atoms with Crippen LogP contribution in [0.5, 0.6) is 0 Å². The van der Waals surface area contributed by atoms with Gasteiger partial charge in [-0.25, -0.2) is 0 Å². The van der Waals surface area contributed by atoms with Gasteiger partial charge in [-0.1, -0.05) is 43.2 Å². The molecule has 1 aliphatic heterocycles. The van der Waals surface area contributed by atoms with Crippen LogP contribution in [0.3, 0.4) is 0 Å². The van der Waals surface area contributed by atoms with E-state index in [1.165, 1.54) is 0 Å². The van der Waals surface area contributed by atoms with E-state index in [4.69, 9.17) is 11.6 Å². The minimum atomic E-state index is -3.47. The van der Waals surface area contributed by atoms with E-state index in [0.29, 0.717) is 13.1 Å². The van der Waals surface area contributed by atoms with Crippen molar-refractivity contribution < 1.29 is 8.42 Å². The molecule has 2 rings (SSSR count). The molecule has 4 nitrogen and oxygen atoms in total. The van der Waals surface area contributed by atoms with Gasteiger partial charge in [0.2, 0.25) is 0 Å². The van der Waals surface area contributed by atoms with E-state index in [-0.39, 0.29) is 11.9 Å². The molecule has 1 aromatic carbocycles. The van der Waals surface area contributed by atoms with Gasteiger partial charge in [0.25, 0.3) is 10.2 Å². The van der Waals surface area contributed by atoms with Gasteiger partial charge >= 0.3 is 0 Å². The van der Waals surface area contributed by atoms with Crippen LogP contribution in [0.25, 0.3) is 0 Å². The molecule has 0 amide bonds. The number of nitrogens with zero attached hydrogens (tertiary/aromatic N) is 1. The predicted molar refractivity (Wildman–Crippen MR) is 82.0 cm³/mol. The summed E-state index contributed by atoms with van der Waals surface area (Å²) in [6.45, 7) is 1.19. The summed E-state index contributed by atoms with van der Waals surface area (Å²) in [6, 6.07) is 9.06. The number of rotatable bonds is 5. The van der Waals surface area contributed by atoms with Crippen LogP contribution in [0.1, 0.15) is 37.3 Å². The first-order valence-electron chi connectivity index (χ1n) is 7.02. The number of nitrogens with one attached hydrogen (secondary N) is 1. The minimum absolute atomic E-state index is 0.219. The van der Waals surface area contributed by atoms with Gasteiger partial charge in [0.1, 0.15) is 0 Å². The van der Waals surface area contributed by atoms with Gasteiger partial charge in [-0.3, -0.25) is 0 Å². The molecule has 0 bridgehead atoms. The maximum absolute atomic E-state index is 12.4. The standard InChI is InChI=1S/C14H21ClN2O2S/c15-12-14(13-8-4-3-5-9-13)16-20(18,19)17-10-6-1-2-7-11-17/h3-5,8-9,14,16H,1-2,6-7,10-12H2. The van der Waals surface area contributed by atoms with E-state index in [1.54, 1.807) is 4.31 Å². The van der Waals surface area contributed by atoms with Crippen molar-refractivity contribution in [3.63, 3.8) is 0 Å². The van der Waals surface area contributed by atoms with Crippen LogP contribution >= 0.6 is 11.6 Å². The van der Waals surface area contributed by atoms with Gasteiger partial charge in [-0.05, 0) is 18.4 Å². The van der Waals surface area contributed by atoms with Gasteiger partial charge in [0, 0.05) is 19.0 Å². The van der Waals surface area contributed by atoms with Crippen LogP contribution in [0, 0.1) is 0 Å². The smallest absolute Gasteiger partial charge is 0.195 e. The maximum atomic E-state index is 12.4. The number of alkyl halides is 1. The topological polar surface area (TPSA) is 49.4 Å². The lowest BCUT2D eigenvalue weighted by Gasteiger charge is -2.24. The highest BCUT2D eigenvalue weighted by atomic mass is 35.5. The highest BCUT2D eigenvalue weighted by Gasteiger charge is 2.26. The van der Waals surface area contributed by atoms with E-state index >= 15 is 0 Å². The Balaban J connectivity index is 2.09. The van der Waals surface area contributed by atoms with Crippen molar-refractivity contribution in [2.45, 2.75) is 31.7 Å². The fourth-order valence-electron chi connectivity index (χ4n) is 2.41. The molecule has 0 aromatic heterocycles. The summed E-state index contributed by atoms with van der Waals surface area (Å²) in [5.74, 6) is 0.219. The molecule has 1 saturated heterocycles. The van der Waals surface area contributed by atoms with E-state index in [1.807, 2.05) is 30.3 Å². The van der Waals surface area contributed by atoms with E-state index in [9.17, 15) is 8.42 Å². The zero-order valence-electron chi connectivity index (χ0n) is 11.5. The Morgan fingerprint density at radius 2 is 1.70 bits per heavy atom. The summed E-state index contributed by atoms with van der Waals surface area (Å²) in [7, 11) is -3.47. The average molecular weight is 317 g/mol. The zero-order chi connectivity index (χ0) is 14.4. The Morgan fingerprint density at radius 3 is 2.25 bits per heavy atom. The molecule has 1 aromatic rings. The molecule has 0 saturated carbocycles. The number of hydrogen-bond donors (Lipinski definition) is 1. The first-order valence-corrected chi connectivity index (χ1v) is 8.99. The van der Waals surface area contributed by atoms with Gasteiger partial charge in [0.05, 0.1) is 6.04 Å². The SMILES string of the molecule is O=S(=O)(NC(CCl)c1ccccc1)N1CCCCCC1. The predicted octanol–water partition coefficient (Wildman–Crippen LogP) is 2.68. The zero-order valence-corrected chi connectivity index (χ0v) is 13.0. The average Bonchev–Trinajstić information content (AvgIpc) is 2.75. The maximum Gasteiger partial charge on any atom is 0.280 e. The second-order valence-corrected chi connectivity index (χ2v) is 7.06. The summed E-state index contributed by atoms with van der Waals surface area (Å²) in [6.07, 6.45) is 4.06. The fraction of sp³-hybridized carbons (Fsp3) is 0.571. The Kier molecular flexibility index (Phi) is 5.84. The first kappa shape index (κ1) is 15.8. The third kappa shape index (κ3) is 4.19. The van der Waals surface area contributed by atoms with Gasteiger partial charge in [0.15, 0.2) is 0 Å². The Labute approximate surface area is 126 Å². The Hall–Kier alpha value is -0.620. The molecule has 1 atom stereocenters. The largest absolute Gasteiger partial charge is 0.280 e. The molecule has 1 unspecified atom stereocenters. The lowest BCUT2D eigenvalue weighted by molar-refractivity contribution is 0.410. The Morgan fingerprint density at radius 1 is 1.10 bits per heavy atom. The summed E-state index contributed by atoms with van der Waals surface area (Å²) in [5.41, 5.74) is 0.890. The Bertz CT molecular complexity index is 499. The molecule has 0 spiro atoms. The van der Waals surface area contributed by atoms with Crippen molar-refractivity contribution >= 4 is 21.8 Å². The lowest BCUT2D eigenvalue weighted by atomic mass is 10.1. The highest BCUT2D eigenvalue weighted by molar-refractivity contribution is 7.87. The molecule has 6 heteroatoms. The fourth-order valence-corrected chi connectivity index (χ4v) is 4.22. The van der Waals surface area contributed by atoms with Crippen molar-refractivity contribution in [3.8, 4) is 0 Å². The summed E-state index contributed by atoms with van der Waals surface area (Å²) >= 11 is 5.93. The molecule has 1 aliphatic rings. The molecule has 0 aliphatic carbocycles. The first-order chi connectivity index (χ1) is 9.63. The third-order valence-electron chi connectivity index (χ3n) is 3.55. The minimum Gasteiger partial charge on any atom is -0.195 e. The molecule has 1 N–H and O–H groups in total. The van der Waals surface area contributed by atoms with E-state index < -0.39 is 10.2 Å². The number of halogens is 1. The molecule has 1 heterocycles. The number of hydrogen-bond acceptors (Lipinski definition) is 2. The number of benzene rings is 1. The lowest BCUT2D eigenvalue weighted by Crippen LogP contribution is -2.43. The van der Waals surface area contributed by atoms with Crippen LogP contribution in [-0.4, -0.2) is 31.7 Å². The van der Waals surface area contributed by atoms with Crippen molar-refractivity contribution in [1.82, 2.24) is 9.03 Å². The molecule has 0 radical (unpaired) electrons. The highest BCUT2D eigenvalue weighted by Crippen LogP contribution is 2.18. The third-order valence-corrected chi connectivity index (χ3v) is 5.49. The van der Waals surface area contributed by atoms with Gasteiger partial charge in [-0.15, -0.1) is 11.6 Å². The van der Waals surface area contributed by atoms with Crippen LogP contribution in [0.2, 0.25) is 0 Å². The molecule has 20 heavy (non-hydrogen) atoms. The van der Waals surface area contributed by atoms with Crippen molar-refractivity contribution in [1.29, 1.82) is 0 Å². The molecule has 112 valence electrons. The molecule has 1 fully saturated rings. The van der Waals surface area contributed by atoms with E-state index in [0.717, 1.165) is 31.2 Å².